The maximum atomic E-state index is 5.83. The third-order valence-electron chi connectivity index (χ3n) is 3.44. The molecule has 0 amide bonds. The van der Waals surface area contributed by atoms with Gasteiger partial charge in [-0.1, -0.05) is 0 Å². The first-order chi connectivity index (χ1) is 10.6. The number of hydrogen-bond donors (Lipinski definition) is 0. The monoisotopic (exact) mass is 303 g/mol. The molecule has 0 N–H and O–H groups in total. The predicted molar refractivity (Wildman–Crippen MR) is 82.1 cm³/mol. The van der Waals surface area contributed by atoms with Crippen molar-refractivity contribution in [3.05, 3.63) is 36.0 Å². The molecule has 0 aromatic carbocycles. The summed E-state index contributed by atoms with van der Waals surface area (Å²) < 4.78 is 17.3. The Bertz CT molecular complexity index is 627. The molecule has 1 aliphatic rings. The lowest BCUT2D eigenvalue weighted by molar-refractivity contribution is 0.0247. The van der Waals surface area contributed by atoms with Crippen LogP contribution < -0.4 is 9.64 Å². The van der Waals surface area contributed by atoms with Crippen LogP contribution in [0.3, 0.4) is 0 Å². The Kier molecular flexibility index (Phi) is 4.29. The van der Waals surface area contributed by atoms with Crippen LogP contribution in [0.2, 0.25) is 0 Å². The van der Waals surface area contributed by atoms with Gasteiger partial charge in [0.25, 0.3) is 5.88 Å². The third-order valence-corrected chi connectivity index (χ3v) is 3.44. The molecule has 3 heterocycles. The molecule has 0 aliphatic carbocycles. The highest BCUT2D eigenvalue weighted by atomic mass is 16.5. The predicted octanol–water partition coefficient (Wildman–Crippen LogP) is 2.74. The number of nitrogens with zero attached hydrogens (tertiary/aromatic N) is 3. The van der Waals surface area contributed by atoms with Gasteiger partial charge in [-0.15, -0.1) is 0 Å². The Balaban J connectivity index is 1.80. The molecular formula is C16H21N3O3. The van der Waals surface area contributed by atoms with E-state index >= 15 is 0 Å². The quantitative estimate of drug-likeness (QED) is 0.865. The molecule has 22 heavy (non-hydrogen) atoms. The fraction of sp³-hybridized carbons (Fsp3) is 0.500. The minimum atomic E-state index is -0.101. The van der Waals surface area contributed by atoms with Crippen molar-refractivity contribution in [2.45, 2.75) is 33.0 Å². The first kappa shape index (κ1) is 14.8. The molecule has 0 radical (unpaired) electrons. The number of hydrogen-bond acceptors (Lipinski definition) is 6. The number of anilines is 1. The summed E-state index contributed by atoms with van der Waals surface area (Å²) in [4.78, 5) is 10.9. The van der Waals surface area contributed by atoms with E-state index in [0.29, 0.717) is 19.0 Å². The summed E-state index contributed by atoms with van der Waals surface area (Å²) in [6, 6.07) is 3.92. The summed E-state index contributed by atoms with van der Waals surface area (Å²) in [5.41, 5.74) is 0. The van der Waals surface area contributed by atoms with Crippen LogP contribution >= 0.6 is 0 Å². The van der Waals surface area contributed by atoms with E-state index in [0.717, 1.165) is 23.9 Å². The van der Waals surface area contributed by atoms with Gasteiger partial charge in [0.05, 0.1) is 19.3 Å². The summed E-state index contributed by atoms with van der Waals surface area (Å²) in [6.45, 7) is 7.92. The van der Waals surface area contributed by atoms with Gasteiger partial charge in [-0.05, 0) is 32.9 Å². The average molecular weight is 303 g/mol. The largest absolute Gasteiger partial charge is 0.472 e. The fourth-order valence-electron chi connectivity index (χ4n) is 2.48. The standard InChI is InChI=1S/C16H21N3O3/c1-11(2)21-16-15(17-6-7-18-16)19-8-9-20-14(10-19)13-5-4-12(3)22-13/h4-7,11,14H,8-10H2,1-3H3/t14-/m1/s1. The molecule has 2 aromatic heterocycles. The second-order valence-corrected chi connectivity index (χ2v) is 5.61. The lowest BCUT2D eigenvalue weighted by Gasteiger charge is -2.33. The van der Waals surface area contributed by atoms with Crippen LogP contribution in [0.25, 0.3) is 0 Å². The second-order valence-electron chi connectivity index (χ2n) is 5.61. The molecule has 1 saturated heterocycles. The molecule has 1 aliphatic heterocycles. The summed E-state index contributed by atoms with van der Waals surface area (Å²) >= 11 is 0. The minimum Gasteiger partial charge on any atom is -0.472 e. The number of aryl methyl sites for hydroxylation is 1. The maximum Gasteiger partial charge on any atom is 0.257 e. The van der Waals surface area contributed by atoms with Gasteiger partial charge >= 0.3 is 0 Å². The zero-order chi connectivity index (χ0) is 15.5. The lowest BCUT2D eigenvalue weighted by atomic mass is 10.2. The second kappa shape index (κ2) is 6.36. The van der Waals surface area contributed by atoms with Gasteiger partial charge < -0.3 is 18.8 Å². The zero-order valence-electron chi connectivity index (χ0n) is 13.2. The highest BCUT2D eigenvalue weighted by molar-refractivity contribution is 5.48. The van der Waals surface area contributed by atoms with Crippen molar-refractivity contribution in [3.8, 4) is 5.88 Å². The van der Waals surface area contributed by atoms with Crippen LogP contribution in [-0.2, 0) is 4.74 Å². The van der Waals surface area contributed by atoms with Crippen molar-refractivity contribution in [2.24, 2.45) is 0 Å². The van der Waals surface area contributed by atoms with Gasteiger partial charge in [-0.25, -0.2) is 9.97 Å². The fourth-order valence-corrected chi connectivity index (χ4v) is 2.48. The number of ether oxygens (including phenoxy) is 2. The van der Waals surface area contributed by atoms with E-state index < -0.39 is 0 Å². The van der Waals surface area contributed by atoms with Gasteiger partial charge in [-0.3, -0.25) is 0 Å². The van der Waals surface area contributed by atoms with Gasteiger partial charge in [0, 0.05) is 18.9 Å². The number of furan rings is 1. The number of rotatable bonds is 4. The molecule has 0 unspecified atom stereocenters. The van der Waals surface area contributed by atoms with Crippen LogP contribution in [0.15, 0.2) is 28.9 Å². The van der Waals surface area contributed by atoms with Crippen molar-refractivity contribution in [2.75, 3.05) is 24.6 Å². The molecule has 6 heteroatoms. The summed E-state index contributed by atoms with van der Waals surface area (Å²) in [5, 5.41) is 0. The topological polar surface area (TPSA) is 60.6 Å². The van der Waals surface area contributed by atoms with Crippen LogP contribution in [0.1, 0.15) is 31.5 Å². The smallest absolute Gasteiger partial charge is 0.257 e. The molecule has 6 nitrogen and oxygen atoms in total. The number of aromatic nitrogens is 2. The molecule has 0 saturated carbocycles. The first-order valence-corrected chi connectivity index (χ1v) is 7.54. The Morgan fingerprint density at radius 1 is 1.27 bits per heavy atom. The Hall–Kier alpha value is -2.08. The average Bonchev–Trinajstić information content (AvgIpc) is 2.94. The Labute approximate surface area is 130 Å². The van der Waals surface area contributed by atoms with Crippen molar-refractivity contribution in [1.29, 1.82) is 0 Å². The molecule has 0 bridgehead atoms. The molecule has 118 valence electrons. The van der Waals surface area contributed by atoms with Crippen molar-refractivity contribution >= 4 is 5.82 Å². The van der Waals surface area contributed by atoms with Crippen LogP contribution in [0.5, 0.6) is 5.88 Å². The zero-order valence-corrected chi connectivity index (χ0v) is 13.2. The van der Waals surface area contributed by atoms with E-state index in [2.05, 4.69) is 14.9 Å². The first-order valence-electron chi connectivity index (χ1n) is 7.54. The maximum absolute atomic E-state index is 5.83. The van der Waals surface area contributed by atoms with Crippen LogP contribution in [0.4, 0.5) is 5.82 Å². The highest BCUT2D eigenvalue weighted by Gasteiger charge is 2.27. The number of morpholine rings is 1. The summed E-state index contributed by atoms with van der Waals surface area (Å²) in [5.74, 6) is 3.05. The van der Waals surface area contributed by atoms with Gasteiger partial charge in [-0.2, -0.15) is 0 Å². The van der Waals surface area contributed by atoms with Crippen molar-refractivity contribution < 1.29 is 13.9 Å². The van der Waals surface area contributed by atoms with E-state index in [-0.39, 0.29) is 12.2 Å². The SMILES string of the molecule is Cc1ccc([C@H]2CN(c3nccnc3OC(C)C)CCO2)o1. The normalized spacial score (nSPS) is 18.7. The summed E-state index contributed by atoms with van der Waals surface area (Å²) in [6.07, 6.45) is 3.29. The van der Waals surface area contributed by atoms with Gasteiger partial charge in [0.1, 0.15) is 17.6 Å². The van der Waals surface area contributed by atoms with E-state index in [4.69, 9.17) is 13.9 Å². The van der Waals surface area contributed by atoms with Crippen LogP contribution in [0, 0.1) is 6.92 Å². The van der Waals surface area contributed by atoms with E-state index in [1.165, 1.54) is 0 Å². The van der Waals surface area contributed by atoms with E-state index in [1.807, 2.05) is 32.9 Å². The summed E-state index contributed by atoms with van der Waals surface area (Å²) in [7, 11) is 0. The van der Waals surface area contributed by atoms with Gasteiger partial charge in [0.15, 0.2) is 5.82 Å². The molecule has 2 aromatic rings. The molecule has 3 rings (SSSR count). The lowest BCUT2D eigenvalue weighted by Crippen LogP contribution is -2.39. The molecular weight excluding hydrogens is 282 g/mol. The van der Waals surface area contributed by atoms with E-state index in [1.54, 1.807) is 12.4 Å². The van der Waals surface area contributed by atoms with Crippen molar-refractivity contribution in [1.82, 2.24) is 9.97 Å². The molecule has 1 fully saturated rings. The van der Waals surface area contributed by atoms with E-state index in [9.17, 15) is 0 Å². The minimum absolute atomic E-state index is 0.0556. The van der Waals surface area contributed by atoms with Crippen molar-refractivity contribution in [3.63, 3.8) is 0 Å². The Morgan fingerprint density at radius 2 is 2.09 bits per heavy atom. The third kappa shape index (κ3) is 3.22. The molecule has 1 atom stereocenters. The Morgan fingerprint density at radius 3 is 2.82 bits per heavy atom. The van der Waals surface area contributed by atoms with Gasteiger partial charge in [0.2, 0.25) is 0 Å². The highest BCUT2D eigenvalue weighted by Crippen LogP contribution is 2.30. The molecule has 0 spiro atoms. The van der Waals surface area contributed by atoms with Crippen LogP contribution in [-0.4, -0.2) is 35.8 Å².